The van der Waals surface area contributed by atoms with Crippen LogP contribution in [-0.4, -0.2) is 31.6 Å². The molecule has 0 heterocycles. The van der Waals surface area contributed by atoms with Gasteiger partial charge in [0.25, 0.3) is 0 Å². The first-order chi connectivity index (χ1) is 13.0. The number of halogens is 2. The van der Waals surface area contributed by atoms with Gasteiger partial charge in [-0.2, -0.15) is 13.9 Å². The topological polar surface area (TPSA) is 59.9 Å². The van der Waals surface area contributed by atoms with E-state index in [9.17, 15) is 13.6 Å². The number of hydrogen-bond acceptors (Lipinski definition) is 5. The lowest BCUT2D eigenvalue weighted by Gasteiger charge is -2.09. The molecular formula is C19H20F2N2O3S. The Bertz CT molecular complexity index is 783. The van der Waals surface area contributed by atoms with Gasteiger partial charge in [-0.05, 0) is 42.8 Å². The molecule has 5 nitrogen and oxygen atoms in total. The summed E-state index contributed by atoms with van der Waals surface area (Å²) in [5, 5.41) is 3.87. The van der Waals surface area contributed by atoms with Gasteiger partial charge in [0.1, 0.15) is 0 Å². The number of nitrogens with one attached hydrogen (secondary N) is 1. The van der Waals surface area contributed by atoms with Crippen molar-refractivity contribution in [2.75, 3.05) is 12.9 Å². The summed E-state index contributed by atoms with van der Waals surface area (Å²) in [6.45, 7) is -0.912. The highest BCUT2D eigenvalue weighted by Gasteiger charge is 2.10. The molecule has 1 amide bonds. The lowest BCUT2D eigenvalue weighted by molar-refractivity contribution is -0.120. The SMILES string of the molecule is COc1cc(/C=N\NC(=O)CCSc2ccc(C)cc2)ccc1OC(F)F. The highest BCUT2D eigenvalue weighted by atomic mass is 32.2. The molecule has 0 saturated carbocycles. The summed E-state index contributed by atoms with van der Waals surface area (Å²) in [5.41, 5.74) is 4.20. The van der Waals surface area contributed by atoms with Gasteiger partial charge in [-0.25, -0.2) is 5.43 Å². The third kappa shape index (κ3) is 7.26. The summed E-state index contributed by atoms with van der Waals surface area (Å²) in [7, 11) is 1.35. The zero-order valence-electron chi connectivity index (χ0n) is 14.9. The van der Waals surface area contributed by atoms with Gasteiger partial charge < -0.3 is 9.47 Å². The van der Waals surface area contributed by atoms with E-state index in [1.54, 1.807) is 11.8 Å². The van der Waals surface area contributed by atoms with Crippen molar-refractivity contribution in [2.45, 2.75) is 24.9 Å². The van der Waals surface area contributed by atoms with Crippen molar-refractivity contribution in [3.63, 3.8) is 0 Å². The van der Waals surface area contributed by atoms with E-state index in [1.807, 2.05) is 31.2 Å². The predicted octanol–water partition coefficient (Wildman–Crippen LogP) is 4.24. The summed E-state index contributed by atoms with van der Waals surface area (Å²) in [6, 6.07) is 12.5. The zero-order chi connectivity index (χ0) is 19.6. The smallest absolute Gasteiger partial charge is 0.387 e. The van der Waals surface area contributed by atoms with E-state index in [2.05, 4.69) is 15.3 Å². The third-order valence-corrected chi connectivity index (χ3v) is 4.44. The maximum atomic E-state index is 12.3. The van der Waals surface area contributed by atoms with Crippen LogP contribution in [0.3, 0.4) is 0 Å². The molecule has 0 bridgehead atoms. The molecule has 0 aliphatic rings. The first-order valence-electron chi connectivity index (χ1n) is 8.12. The average molecular weight is 394 g/mol. The molecule has 0 fully saturated rings. The molecule has 1 N–H and O–H groups in total. The van der Waals surface area contributed by atoms with E-state index in [0.717, 1.165) is 4.90 Å². The molecule has 27 heavy (non-hydrogen) atoms. The highest BCUT2D eigenvalue weighted by Crippen LogP contribution is 2.28. The van der Waals surface area contributed by atoms with E-state index < -0.39 is 6.61 Å². The Morgan fingerprint density at radius 1 is 1.22 bits per heavy atom. The van der Waals surface area contributed by atoms with Crippen LogP contribution in [0.1, 0.15) is 17.5 Å². The lowest BCUT2D eigenvalue weighted by atomic mass is 10.2. The number of alkyl halides is 2. The first-order valence-corrected chi connectivity index (χ1v) is 9.10. The summed E-state index contributed by atoms with van der Waals surface area (Å²) in [6.07, 6.45) is 1.72. The van der Waals surface area contributed by atoms with Crippen LogP contribution in [0.2, 0.25) is 0 Å². The number of hydrogen-bond donors (Lipinski definition) is 1. The molecule has 2 aromatic rings. The van der Waals surface area contributed by atoms with Crippen LogP contribution in [0.5, 0.6) is 11.5 Å². The van der Waals surface area contributed by atoms with Gasteiger partial charge in [0.2, 0.25) is 5.91 Å². The van der Waals surface area contributed by atoms with Gasteiger partial charge in [0, 0.05) is 17.1 Å². The largest absolute Gasteiger partial charge is 0.493 e. The Kier molecular flexibility index (Phi) is 8.06. The summed E-state index contributed by atoms with van der Waals surface area (Å²) >= 11 is 1.59. The summed E-state index contributed by atoms with van der Waals surface area (Å²) < 4.78 is 34.0. The molecule has 2 rings (SSSR count). The van der Waals surface area contributed by atoms with Gasteiger partial charge in [-0.3, -0.25) is 4.79 Å². The van der Waals surface area contributed by atoms with E-state index in [1.165, 1.54) is 37.1 Å². The maximum absolute atomic E-state index is 12.3. The molecule has 8 heteroatoms. The molecule has 0 aromatic heterocycles. The van der Waals surface area contributed by atoms with Crippen LogP contribution < -0.4 is 14.9 Å². The molecule has 0 unspecified atom stereocenters. The average Bonchev–Trinajstić information content (AvgIpc) is 2.64. The van der Waals surface area contributed by atoms with Crippen LogP contribution in [0.25, 0.3) is 0 Å². The number of rotatable bonds is 9. The standard InChI is InChI=1S/C19H20F2N2O3S/c1-13-3-6-15(7-4-13)27-10-9-18(24)23-22-12-14-5-8-16(26-19(20)21)17(11-14)25-2/h3-8,11-12,19H,9-10H2,1-2H3,(H,23,24)/b22-12-. The predicted molar refractivity (Wildman–Crippen MR) is 102 cm³/mol. The molecular weight excluding hydrogens is 374 g/mol. The Labute approximate surface area is 160 Å². The molecule has 144 valence electrons. The number of methoxy groups -OCH3 is 1. The van der Waals surface area contributed by atoms with Crippen molar-refractivity contribution in [1.82, 2.24) is 5.43 Å². The Hall–Kier alpha value is -2.61. The molecule has 0 saturated heterocycles. The van der Waals surface area contributed by atoms with Crippen molar-refractivity contribution >= 4 is 23.9 Å². The summed E-state index contributed by atoms with van der Waals surface area (Å²) in [4.78, 5) is 12.9. The van der Waals surface area contributed by atoms with E-state index in [-0.39, 0.29) is 17.4 Å². The second kappa shape index (κ2) is 10.5. The fourth-order valence-corrected chi connectivity index (χ4v) is 2.94. The molecule has 0 aliphatic heterocycles. The van der Waals surface area contributed by atoms with Crippen LogP contribution in [0, 0.1) is 6.92 Å². The van der Waals surface area contributed by atoms with Crippen molar-refractivity contribution in [3.05, 3.63) is 53.6 Å². The van der Waals surface area contributed by atoms with Crippen molar-refractivity contribution in [3.8, 4) is 11.5 Å². The Balaban J connectivity index is 1.80. The van der Waals surface area contributed by atoms with Crippen molar-refractivity contribution in [2.24, 2.45) is 5.10 Å². The van der Waals surface area contributed by atoms with Gasteiger partial charge in [-0.15, -0.1) is 11.8 Å². The molecule has 0 spiro atoms. The van der Waals surface area contributed by atoms with Gasteiger partial charge in [0.05, 0.1) is 13.3 Å². The maximum Gasteiger partial charge on any atom is 0.387 e. The Morgan fingerprint density at radius 2 is 1.96 bits per heavy atom. The number of carbonyl (C=O) groups excluding carboxylic acids is 1. The minimum absolute atomic E-state index is 0.0678. The van der Waals surface area contributed by atoms with Crippen molar-refractivity contribution < 1.29 is 23.0 Å². The highest BCUT2D eigenvalue weighted by molar-refractivity contribution is 7.99. The lowest BCUT2D eigenvalue weighted by Crippen LogP contribution is -2.17. The number of hydrazone groups is 1. The summed E-state index contributed by atoms with van der Waals surface area (Å²) in [5.74, 6) is 0.509. The third-order valence-electron chi connectivity index (χ3n) is 3.43. The van der Waals surface area contributed by atoms with E-state index >= 15 is 0 Å². The fraction of sp³-hybridized carbons (Fsp3) is 0.263. The van der Waals surface area contributed by atoms with Crippen LogP contribution in [0.4, 0.5) is 8.78 Å². The van der Waals surface area contributed by atoms with E-state index in [0.29, 0.717) is 17.7 Å². The van der Waals surface area contributed by atoms with Crippen molar-refractivity contribution in [1.29, 1.82) is 0 Å². The van der Waals surface area contributed by atoms with Gasteiger partial charge >= 0.3 is 6.61 Å². The quantitative estimate of drug-likeness (QED) is 0.393. The minimum Gasteiger partial charge on any atom is -0.493 e. The van der Waals surface area contributed by atoms with Gasteiger partial charge in [0.15, 0.2) is 11.5 Å². The van der Waals surface area contributed by atoms with E-state index in [4.69, 9.17) is 4.74 Å². The number of carbonyl (C=O) groups is 1. The Morgan fingerprint density at radius 3 is 2.63 bits per heavy atom. The number of ether oxygens (including phenoxy) is 2. The first kappa shape index (κ1) is 20.7. The molecule has 2 aromatic carbocycles. The van der Waals surface area contributed by atoms with Crippen LogP contribution >= 0.6 is 11.8 Å². The number of benzene rings is 2. The zero-order valence-corrected chi connectivity index (χ0v) is 15.8. The second-order valence-corrected chi connectivity index (χ2v) is 6.66. The fourth-order valence-electron chi connectivity index (χ4n) is 2.09. The minimum atomic E-state index is -2.93. The normalized spacial score (nSPS) is 11.0. The number of thioether (sulfide) groups is 1. The monoisotopic (exact) mass is 394 g/mol. The van der Waals surface area contributed by atoms with Crippen LogP contribution in [0.15, 0.2) is 52.5 Å². The molecule has 0 aliphatic carbocycles. The molecule has 0 radical (unpaired) electrons. The number of aryl methyl sites for hydroxylation is 1. The molecule has 0 atom stereocenters. The second-order valence-electron chi connectivity index (χ2n) is 5.49. The number of amides is 1. The van der Waals surface area contributed by atoms with Gasteiger partial charge in [-0.1, -0.05) is 17.7 Å². The van der Waals surface area contributed by atoms with Crippen LogP contribution in [-0.2, 0) is 4.79 Å². The number of nitrogens with zero attached hydrogens (tertiary/aromatic N) is 1.